The van der Waals surface area contributed by atoms with Gasteiger partial charge in [0.1, 0.15) is 24.2 Å². The van der Waals surface area contributed by atoms with Crippen molar-refractivity contribution in [2.75, 3.05) is 19.6 Å². The molecular formula is C17H22FN5. The molecule has 2 aliphatic rings. The van der Waals surface area contributed by atoms with Gasteiger partial charge in [-0.25, -0.2) is 14.1 Å². The number of benzene rings is 1. The molecule has 1 aromatic carbocycles. The summed E-state index contributed by atoms with van der Waals surface area (Å²) in [6.07, 6.45) is 6.96. The molecule has 4 rings (SSSR count). The topological polar surface area (TPSA) is 46.0 Å². The van der Waals surface area contributed by atoms with E-state index < -0.39 is 0 Å². The van der Waals surface area contributed by atoms with E-state index in [0.29, 0.717) is 12.2 Å². The lowest BCUT2D eigenvalue weighted by molar-refractivity contribution is 0.312. The molecule has 0 amide bonds. The van der Waals surface area contributed by atoms with Gasteiger partial charge < -0.3 is 10.2 Å². The summed E-state index contributed by atoms with van der Waals surface area (Å²) in [5, 5.41) is 7.44. The van der Waals surface area contributed by atoms with Crippen LogP contribution in [0.3, 0.4) is 0 Å². The minimum absolute atomic E-state index is 0.268. The second kappa shape index (κ2) is 6.37. The molecule has 0 spiro atoms. The highest BCUT2D eigenvalue weighted by Gasteiger charge is 2.33. The van der Waals surface area contributed by atoms with E-state index in [-0.39, 0.29) is 5.82 Å². The predicted molar refractivity (Wildman–Crippen MR) is 85.7 cm³/mol. The second-order valence-corrected chi connectivity index (χ2v) is 6.64. The number of rotatable bonds is 6. The number of hydrogen-bond donors (Lipinski definition) is 1. The summed E-state index contributed by atoms with van der Waals surface area (Å²) in [6.45, 7) is 4.18. The van der Waals surface area contributed by atoms with Crippen molar-refractivity contribution >= 4 is 0 Å². The van der Waals surface area contributed by atoms with Gasteiger partial charge in [-0.05, 0) is 56.0 Å². The van der Waals surface area contributed by atoms with Crippen molar-refractivity contribution < 1.29 is 4.39 Å². The van der Waals surface area contributed by atoms with Gasteiger partial charge in [-0.1, -0.05) is 6.07 Å². The van der Waals surface area contributed by atoms with Crippen molar-refractivity contribution in [3.63, 3.8) is 0 Å². The van der Waals surface area contributed by atoms with E-state index in [1.54, 1.807) is 12.1 Å². The molecule has 1 atom stereocenters. The maximum atomic E-state index is 14.2. The summed E-state index contributed by atoms with van der Waals surface area (Å²) in [7, 11) is 0. The predicted octanol–water partition coefficient (Wildman–Crippen LogP) is 1.98. The minimum atomic E-state index is -0.268. The van der Waals surface area contributed by atoms with Crippen LogP contribution in [0.1, 0.15) is 24.8 Å². The van der Waals surface area contributed by atoms with E-state index >= 15 is 0 Å². The Hall–Kier alpha value is -1.79. The average Bonchev–Trinajstić information content (AvgIpc) is 3.07. The number of hydrogen-bond acceptors (Lipinski definition) is 4. The van der Waals surface area contributed by atoms with Gasteiger partial charge in [0.15, 0.2) is 0 Å². The van der Waals surface area contributed by atoms with Gasteiger partial charge >= 0.3 is 0 Å². The fourth-order valence-electron chi connectivity index (χ4n) is 3.40. The molecule has 1 saturated carbocycles. The van der Waals surface area contributed by atoms with Crippen LogP contribution in [0.2, 0.25) is 0 Å². The van der Waals surface area contributed by atoms with Crippen LogP contribution in [-0.4, -0.2) is 45.3 Å². The first-order valence-electron chi connectivity index (χ1n) is 8.38. The number of nitrogens with zero attached hydrogens (tertiary/aromatic N) is 4. The average molecular weight is 315 g/mol. The normalized spacial score (nSPS) is 21.9. The molecule has 1 N–H and O–H groups in total. The molecule has 0 bridgehead atoms. The summed E-state index contributed by atoms with van der Waals surface area (Å²) in [5.41, 5.74) is 1.39. The van der Waals surface area contributed by atoms with E-state index in [9.17, 15) is 4.39 Å². The van der Waals surface area contributed by atoms with Crippen LogP contribution in [0.25, 0.3) is 5.69 Å². The molecule has 2 aromatic rings. The molecule has 2 fully saturated rings. The monoisotopic (exact) mass is 315 g/mol. The van der Waals surface area contributed by atoms with Crippen LogP contribution >= 0.6 is 0 Å². The summed E-state index contributed by atoms with van der Waals surface area (Å²) >= 11 is 0. The third-order valence-electron chi connectivity index (χ3n) is 4.82. The molecule has 6 heteroatoms. The Morgan fingerprint density at radius 1 is 1.26 bits per heavy atom. The van der Waals surface area contributed by atoms with E-state index in [1.165, 1.54) is 49.7 Å². The number of halogens is 1. The molecule has 1 aliphatic carbocycles. The largest absolute Gasteiger partial charge is 0.312 e. The second-order valence-electron chi connectivity index (χ2n) is 6.64. The van der Waals surface area contributed by atoms with Crippen molar-refractivity contribution in [1.29, 1.82) is 0 Å². The van der Waals surface area contributed by atoms with Crippen molar-refractivity contribution in [3.05, 3.63) is 42.2 Å². The van der Waals surface area contributed by atoms with Crippen molar-refractivity contribution in [3.8, 4) is 5.69 Å². The van der Waals surface area contributed by atoms with Crippen molar-refractivity contribution in [2.24, 2.45) is 5.92 Å². The zero-order valence-corrected chi connectivity index (χ0v) is 13.2. The fourth-order valence-corrected chi connectivity index (χ4v) is 3.40. The number of aromatic nitrogens is 3. The molecule has 0 radical (unpaired) electrons. The van der Waals surface area contributed by atoms with Crippen LogP contribution in [0.4, 0.5) is 4.39 Å². The molecule has 1 aromatic heterocycles. The lowest BCUT2D eigenvalue weighted by Gasteiger charge is -2.15. The lowest BCUT2D eigenvalue weighted by atomic mass is 10.1. The minimum Gasteiger partial charge on any atom is -0.312 e. The maximum Gasteiger partial charge on any atom is 0.149 e. The Morgan fingerprint density at radius 3 is 2.91 bits per heavy atom. The Morgan fingerprint density at radius 2 is 2.17 bits per heavy atom. The first kappa shape index (κ1) is 14.8. The maximum absolute atomic E-state index is 14.2. The number of likely N-dealkylation sites (tertiary alicyclic amines) is 1. The highest BCUT2D eigenvalue weighted by Crippen LogP contribution is 2.31. The molecule has 1 aliphatic heterocycles. The summed E-state index contributed by atoms with van der Waals surface area (Å²) < 4.78 is 15.6. The SMILES string of the molecule is Fc1cc(CNC[C@H]2CCN(C3CC3)C2)ccc1-n1cncn1. The van der Waals surface area contributed by atoms with Crippen molar-refractivity contribution in [2.45, 2.75) is 31.8 Å². The number of nitrogens with one attached hydrogen (secondary N) is 1. The molecular weight excluding hydrogens is 293 g/mol. The van der Waals surface area contributed by atoms with Crippen LogP contribution in [0, 0.1) is 11.7 Å². The molecule has 2 heterocycles. The molecule has 23 heavy (non-hydrogen) atoms. The summed E-state index contributed by atoms with van der Waals surface area (Å²) in [4.78, 5) is 6.47. The van der Waals surface area contributed by atoms with Crippen molar-refractivity contribution in [1.82, 2.24) is 25.0 Å². The van der Waals surface area contributed by atoms with E-state index in [0.717, 1.165) is 24.1 Å². The molecule has 0 unspecified atom stereocenters. The standard InChI is InChI=1S/C17H22FN5/c18-16-7-13(1-4-17(16)23-12-20-11-21-23)8-19-9-14-5-6-22(10-14)15-2-3-15/h1,4,7,11-12,14-15,19H,2-3,5-6,8-10H2/t14-/m1/s1. The summed E-state index contributed by atoms with van der Waals surface area (Å²) in [5.74, 6) is 0.463. The van der Waals surface area contributed by atoms with Crippen LogP contribution in [0.5, 0.6) is 0 Å². The Kier molecular flexibility index (Phi) is 4.10. The first-order chi connectivity index (χ1) is 11.3. The fraction of sp³-hybridized carbons (Fsp3) is 0.529. The van der Waals surface area contributed by atoms with Gasteiger partial charge in [-0.15, -0.1) is 0 Å². The van der Waals surface area contributed by atoms with Crippen LogP contribution in [-0.2, 0) is 6.54 Å². The summed E-state index contributed by atoms with van der Waals surface area (Å²) in [6, 6.07) is 6.15. The zero-order valence-electron chi connectivity index (χ0n) is 13.2. The van der Waals surface area contributed by atoms with Crippen LogP contribution in [0.15, 0.2) is 30.9 Å². The zero-order chi connectivity index (χ0) is 15.6. The van der Waals surface area contributed by atoms with Crippen LogP contribution < -0.4 is 5.32 Å². The third-order valence-corrected chi connectivity index (χ3v) is 4.82. The van der Waals surface area contributed by atoms with E-state index in [1.807, 2.05) is 6.07 Å². The van der Waals surface area contributed by atoms with E-state index in [2.05, 4.69) is 20.3 Å². The first-order valence-corrected chi connectivity index (χ1v) is 8.38. The smallest absolute Gasteiger partial charge is 0.149 e. The molecule has 122 valence electrons. The lowest BCUT2D eigenvalue weighted by Crippen LogP contribution is -2.27. The van der Waals surface area contributed by atoms with Gasteiger partial charge in [-0.2, -0.15) is 5.10 Å². The highest BCUT2D eigenvalue weighted by atomic mass is 19.1. The van der Waals surface area contributed by atoms with Gasteiger partial charge in [0.05, 0.1) is 0 Å². The van der Waals surface area contributed by atoms with Gasteiger partial charge in [-0.3, -0.25) is 0 Å². The van der Waals surface area contributed by atoms with Gasteiger partial charge in [0.25, 0.3) is 0 Å². The van der Waals surface area contributed by atoms with Gasteiger partial charge in [0.2, 0.25) is 0 Å². The third kappa shape index (κ3) is 3.43. The Bertz CT molecular complexity index is 653. The Balaban J connectivity index is 1.28. The molecule has 1 saturated heterocycles. The van der Waals surface area contributed by atoms with Gasteiger partial charge in [0, 0.05) is 19.1 Å². The quantitative estimate of drug-likeness (QED) is 0.885. The Labute approximate surface area is 135 Å². The van der Waals surface area contributed by atoms with E-state index in [4.69, 9.17) is 0 Å². The molecule has 5 nitrogen and oxygen atoms in total. The highest BCUT2D eigenvalue weighted by molar-refractivity contribution is 5.35.